The average molecular weight is 362 g/mol. The van der Waals surface area contributed by atoms with Crippen molar-refractivity contribution >= 4 is 10.0 Å². The molecule has 1 aliphatic rings. The summed E-state index contributed by atoms with van der Waals surface area (Å²) < 4.78 is 40.6. The van der Waals surface area contributed by atoms with E-state index in [1.54, 1.807) is 6.92 Å². The molecule has 0 aliphatic carbocycles. The quantitative estimate of drug-likeness (QED) is 0.840. The Balaban J connectivity index is 1.69. The monoisotopic (exact) mass is 362 g/mol. The van der Waals surface area contributed by atoms with Crippen molar-refractivity contribution in [1.82, 2.24) is 9.21 Å². The predicted octanol–water partition coefficient (Wildman–Crippen LogP) is 2.95. The summed E-state index contributed by atoms with van der Waals surface area (Å²) in [6.45, 7) is 6.78. The van der Waals surface area contributed by atoms with Crippen molar-refractivity contribution in [3.8, 4) is 0 Å². The third kappa shape index (κ3) is 3.92. The van der Waals surface area contributed by atoms with Crippen LogP contribution < -0.4 is 0 Å². The summed E-state index contributed by atoms with van der Waals surface area (Å²) in [6, 6.07) is 12.1. The van der Waals surface area contributed by atoms with Gasteiger partial charge in [0.1, 0.15) is 5.82 Å². The first-order valence-electron chi connectivity index (χ1n) is 8.41. The van der Waals surface area contributed by atoms with Crippen molar-refractivity contribution < 1.29 is 12.8 Å². The van der Waals surface area contributed by atoms with Gasteiger partial charge in [-0.25, -0.2) is 12.8 Å². The van der Waals surface area contributed by atoms with Gasteiger partial charge in [0.2, 0.25) is 10.0 Å². The molecule has 2 aromatic carbocycles. The van der Waals surface area contributed by atoms with Gasteiger partial charge in [-0.1, -0.05) is 30.3 Å². The number of halogens is 1. The van der Waals surface area contributed by atoms with Gasteiger partial charge in [0.15, 0.2) is 0 Å². The Kier molecular flexibility index (Phi) is 5.22. The van der Waals surface area contributed by atoms with Gasteiger partial charge < -0.3 is 0 Å². The lowest BCUT2D eigenvalue weighted by molar-refractivity contribution is 0.181. The van der Waals surface area contributed by atoms with Crippen LogP contribution in [0.1, 0.15) is 16.7 Å². The van der Waals surface area contributed by atoms with E-state index in [1.807, 2.05) is 12.1 Å². The fraction of sp³-hybridized carbons (Fsp3) is 0.368. The van der Waals surface area contributed by atoms with Gasteiger partial charge in [-0.3, -0.25) is 4.90 Å². The fourth-order valence-corrected chi connectivity index (χ4v) is 4.81. The van der Waals surface area contributed by atoms with Gasteiger partial charge in [-0.2, -0.15) is 4.31 Å². The Bertz CT molecular complexity index is 859. The number of hydrogen-bond donors (Lipinski definition) is 0. The van der Waals surface area contributed by atoms with Gasteiger partial charge >= 0.3 is 0 Å². The first kappa shape index (κ1) is 18.0. The molecule has 0 saturated carbocycles. The molecule has 4 nitrogen and oxygen atoms in total. The minimum absolute atomic E-state index is 0.0693. The molecular formula is C19H23FN2O2S. The summed E-state index contributed by atoms with van der Waals surface area (Å²) in [7, 11) is -3.65. The first-order chi connectivity index (χ1) is 11.9. The SMILES string of the molecule is Cc1ccccc1CN1CCN(S(=O)(=O)c2cc(F)ccc2C)CC1. The van der Waals surface area contributed by atoms with Crippen molar-refractivity contribution in [3.05, 3.63) is 65.0 Å². The summed E-state index contributed by atoms with van der Waals surface area (Å²) in [5.74, 6) is -0.526. The highest BCUT2D eigenvalue weighted by atomic mass is 32.2. The van der Waals surface area contributed by atoms with E-state index in [9.17, 15) is 12.8 Å². The lowest BCUT2D eigenvalue weighted by Gasteiger charge is -2.34. The van der Waals surface area contributed by atoms with Crippen molar-refractivity contribution in [2.45, 2.75) is 25.3 Å². The number of sulfonamides is 1. The molecule has 0 spiro atoms. The smallest absolute Gasteiger partial charge is 0.243 e. The summed E-state index contributed by atoms with van der Waals surface area (Å²) >= 11 is 0. The van der Waals surface area contributed by atoms with Crippen LogP contribution in [0.15, 0.2) is 47.4 Å². The van der Waals surface area contributed by atoms with Crippen LogP contribution in [0.3, 0.4) is 0 Å². The third-order valence-electron chi connectivity index (χ3n) is 4.75. The molecule has 1 fully saturated rings. The largest absolute Gasteiger partial charge is 0.296 e. The molecule has 134 valence electrons. The van der Waals surface area contributed by atoms with Crippen molar-refractivity contribution in [3.63, 3.8) is 0 Å². The van der Waals surface area contributed by atoms with Gasteiger partial charge in [0.25, 0.3) is 0 Å². The Morgan fingerprint density at radius 1 is 0.960 bits per heavy atom. The van der Waals surface area contributed by atoms with Crippen LogP contribution in [-0.4, -0.2) is 43.8 Å². The standard InChI is InChI=1S/C19H23FN2O2S/c1-15-5-3-4-6-17(15)14-21-9-11-22(12-10-21)25(23,24)19-13-18(20)8-7-16(19)2/h3-8,13H,9-12,14H2,1-2H3. The second-order valence-corrected chi connectivity index (χ2v) is 8.42. The second kappa shape index (κ2) is 7.23. The number of nitrogens with zero attached hydrogens (tertiary/aromatic N) is 2. The van der Waals surface area contributed by atoms with E-state index in [4.69, 9.17) is 0 Å². The summed E-state index contributed by atoms with van der Waals surface area (Å²) in [5, 5.41) is 0. The van der Waals surface area contributed by atoms with Crippen LogP contribution >= 0.6 is 0 Å². The van der Waals surface area contributed by atoms with E-state index in [1.165, 1.54) is 27.6 Å². The molecule has 3 rings (SSSR count). The molecule has 1 heterocycles. The van der Waals surface area contributed by atoms with E-state index < -0.39 is 15.8 Å². The Hall–Kier alpha value is -1.76. The van der Waals surface area contributed by atoms with Crippen LogP contribution in [0.2, 0.25) is 0 Å². The second-order valence-electron chi connectivity index (χ2n) is 6.52. The highest BCUT2D eigenvalue weighted by molar-refractivity contribution is 7.89. The summed E-state index contributed by atoms with van der Waals surface area (Å²) in [4.78, 5) is 2.33. The van der Waals surface area contributed by atoms with Crippen molar-refractivity contribution in [2.75, 3.05) is 26.2 Å². The normalized spacial score (nSPS) is 16.9. The number of rotatable bonds is 4. The maximum atomic E-state index is 13.5. The number of hydrogen-bond acceptors (Lipinski definition) is 3. The Labute approximate surface area is 148 Å². The van der Waals surface area contributed by atoms with Gasteiger partial charge in [0, 0.05) is 32.7 Å². The molecule has 1 aliphatic heterocycles. The topological polar surface area (TPSA) is 40.6 Å². The maximum Gasteiger partial charge on any atom is 0.243 e. The third-order valence-corrected chi connectivity index (χ3v) is 6.80. The van der Waals surface area contributed by atoms with Crippen LogP contribution in [-0.2, 0) is 16.6 Å². The van der Waals surface area contributed by atoms with Gasteiger partial charge in [-0.05, 0) is 42.7 Å². The molecule has 0 atom stereocenters. The van der Waals surface area contributed by atoms with E-state index in [0.717, 1.165) is 12.6 Å². The fourth-order valence-electron chi connectivity index (χ4n) is 3.15. The van der Waals surface area contributed by atoms with E-state index in [0.29, 0.717) is 31.7 Å². The molecule has 1 saturated heterocycles. The molecule has 0 amide bonds. The maximum absolute atomic E-state index is 13.5. The van der Waals surface area contributed by atoms with E-state index in [-0.39, 0.29) is 4.90 Å². The van der Waals surface area contributed by atoms with Crippen LogP contribution in [0.5, 0.6) is 0 Å². The van der Waals surface area contributed by atoms with Crippen LogP contribution in [0.25, 0.3) is 0 Å². The highest BCUT2D eigenvalue weighted by Crippen LogP contribution is 2.22. The Morgan fingerprint density at radius 2 is 1.64 bits per heavy atom. The van der Waals surface area contributed by atoms with Gasteiger partial charge in [0.05, 0.1) is 4.90 Å². The first-order valence-corrected chi connectivity index (χ1v) is 9.85. The molecule has 0 bridgehead atoms. The molecule has 25 heavy (non-hydrogen) atoms. The summed E-state index contributed by atoms with van der Waals surface area (Å²) in [6.07, 6.45) is 0. The zero-order valence-corrected chi connectivity index (χ0v) is 15.4. The molecule has 0 radical (unpaired) electrons. The van der Waals surface area contributed by atoms with Gasteiger partial charge in [-0.15, -0.1) is 0 Å². The minimum atomic E-state index is -3.65. The molecular weight excluding hydrogens is 339 g/mol. The molecule has 0 aromatic heterocycles. The molecule has 2 aromatic rings. The van der Waals surface area contributed by atoms with E-state index >= 15 is 0 Å². The summed E-state index contributed by atoms with van der Waals surface area (Å²) in [5.41, 5.74) is 3.08. The predicted molar refractivity (Wildman–Crippen MR) is 96.4 cm³/mol. The van der Waals surface area contributed by atoms with Crippen LogP contribution in [0, 0.1) is 19.7 Å². The van der Waals surface area contributed by atoms with Crippen LogP contribution in [0.4, 0.5) is 4.39 Å². The number of benzene rings is 2. The molecule has 0 unspecified atom stereocenters. The highest BCUT2D eigenvalue weighted by Gasteiger charge is 2.29. The Morgan fingerprint density at radius 3 is 2.32 bits per heavy atom. The van der Waals surface area contributed by atoms with E-state index in [2.05, 4.69) is 24.0 Å². The number of aryl methyl sites for hydroxylation is 2. The van der Waals surface area contributed by atoms with Crippen molar-refractivity contribution in [2.24, 2.45) is 0 Å². The zero-order valence-electron chi connectivity index (χ0n) is 14.6. The average Bonchev–Trinajstić information content (AvgIpc) is 2.59. The molecule has 6 heteroatoms. The lowest BCUT2D eigenvalue weighted by Crippen LogP contribution is -2.48. The van der Waals surface area contributed by atoms with Crippen molar-refractivity contribution in [1.29, 1.82) is 0 Å². The minimum Gasteiger partial charge on any atom is -0.296 e. The number of piperazine rings is 1. The molecule has 0 N–H and O–H groups in total. The lowest BCUT2D eigenvalue weighted by atomic mass is 10.1. The zero-order chi connectivity index (χ0) is 18.0.